The van der Waals surface area contributed by atoms with Crippen LogP contribution in [0, 0.1) is 0 Å². The average Bonchev–Trinajstić information content (AvgIpc) is 1.83. The normalized spacial score (nSPS) is 7.70. The second-order valence-electron chi connectivity index (χ2n) is 1.57. The van der Waals surface area contributed by atoms with E-state index >= 15 is 0 Å². The summed E-state index contributed by atoms with van der Waals surface area (Å²) in [4.78, 5) is 20.2. The van der Waals surface area contributed by atoms with Gasteiger partial charge in [-0.1, -0.05) is 0 Å². The molecule has 0 aliphatic heterocycles. The van der Waals surface area contributed by atoms with Crippen LogP contribution in [-0.2, 0) is 42.3 Å². The van der Waals surface area contributed by atoms with Crippen LogP contribution in [-0.4, -0.2) is 24.0 Å². The molecule has 4 nitrogen and oxygen atoms in total. The fraction of sp³-hybridized carbons (Fsp3) is 0.600. The van der Waals surface area contributed by atoms with Gasteiger partial charge in [0.2, 0.25) is 5.91 Å². The molecule has 0 heterocycles. The first-order valence-corrected chi connectivity index (χ1v) is 2.59. The van der Waals surface area contributed by atoms with Crippen LogP contribution in [0.2, 0.25) is 0 Å². The molecular formula is C5H9NO3Y. The number of aliphatic carboxylic acids is 1. The quantitative estimate of drug-likeness (QED) is 0.679. The van der Waals surface area contributed by atoms with Crippen molar-refractivity contribution in [1.82, 2.24) is 5.32 Å². The van der Waals surface area contributed by atoms with Crippen molar-refractivity contribution >= 4 is 11.9 Å². The molecule has 0 unspecified atom stereocenters. The molecule has 0 fully saturated rings. The second-order valence-corrected chi connectivity index (χ2v) is 1.57. The maximum absolute atomic E-state index is 10.3. The van der Waals surface area contributed by atoms with Gasteiger partial charge in [-0.05, 0) is 0 Å². The van der Waals surface area contributed by atoms with Crippen molar-refractivity contribution in [3.05, 3.63) is 0 Å². The van der Waals surface area contributed by atoms with Crippen molar-refractivity contribution in [3.8, 4) is 0 Å². The van der Waals surface area contributed by atoms with Crippen LogP contribution in [0.15, 0.2) is 0 Å². The molecule has 10 heavy (non-hydrogen) atoms. The van der Waals surface area contributed by atoms with E-state index in [-0.39, 0.29) is 51.5 Å². The summed E-state index contributed by atoms with van der Waals surface area (Å²) < 4.78 is 0. The zero-order valence-electron chi connectivity index (χ0n) is 5.76. The number of carbonyl (C=O) groups excluding carboxylic acids is 1. The smallest absolute Gasteiger partial charge is 0.303 e. The molecule has 1 amide bonds. The Kier molecular flexibility index (Phi) is 9.08. The van der Waals surface area contributed by atoms with Gasteiger partial charge in [-0.2, -0.15) is 0 Å². The molecule has 1 radical (unpaired) electrons. The van der Waals surface area contributed by atoms with Crippen LogP contribution in [0.3, 0.4) is 0 Å². The minimum atomic E-state index is -0.946. The molecule has 0 saturated carbocycles. The summed E-state index contributed by atoms with van der Waals surface area (Å²) >= 11 is 0. The monoisotopic (exact) mass is 220 g/mol. The summed E-state index contributed by atoms with van der Waals surface area (Å²) in [6.45, 7) is 0. The van der Waals surface area contributed by atoms with Gasteiger partial charge in [0.15, 0.2) is 0 Å². The van der Waals surface area contributed by atoms with Crippen molar-refractivity contribution in [2.45, 2.75) is 12.8 Å². The van der Waals surface area contributed by atoms with E-state index in [9.17, 15) is 9.59 Å². The summed E-state index contributed by atoms with van der Waals surface area (Å²) in [6.07, 6.45) is -0.0362. The van der Waals surface area contributed by atoms with Crippen molar-refractivity contribution in [1.29, 1.82) is 0 Å². The zero-order valence-corrected chi connectivity index (χ0v) is 8.59. The molecule has 5 heteroatoms. The minimum Gasteiger partial charge on any atom is -0.481 e. The van der Waals surface area contributed by atoms with Crippen molar-refractivity contribution in [3.63, 3.8) is 0 Å². The number of carboxylic acids is 1. The van der Waals surface area contributed by atoms with E-state index in [0.29, 0.717) is 0 Å². The largest absolute Gasteiger partial charge is 0.481 e. The molecule has 0 aromatic heterocycles. The Morgan fingerprint density at radius 1 is 1.40 bits per heavy atom. The first-order chi connectivity index (χ1) is 4.16. The predicted molar refractivity (Wildman–Crippen MR) is 30.9 cm³/mol. The Labute approximate surface area is 84.2 Å². The van der Waals surface area contributed by atoms with Gasteiger partial charge < -0.3 is 10.4 Å². The Bertz CT molecular complexity index is 126. The van der Waals surface area contributed by atoms with Gasteiger partial charge in [0.25, 0.3) is 0 Å². The number of carboxylic acid groups (broad SMARTS) is 1. The Hall–Kier alpha value is 0.0439. The number of rotatable bonds is 3. The number of hydrogen-bond donors (Lipinski definition) is 2. The maximum Gasteiger partial charge on any atom is 0.303 e. The molecule has 0 bridgehead atoms. The second kappa shape index (κ2) is 7.15. The maximum atomic E-state index is 10.3. The van der Waals surface area contributed by atoms with E-state index in [1.165, 1.54) is 7.05 Å². The topological polar surface area (TPSA) is 66.4 Å². The number of nitrogens with one attached hydrogen (secondary N) is 1. The van der Waals surface area contributed by atoms with Crippen LogP contribution < -0.4 is 5.32 Å². The van der Waals surface area contributed by atoms with Gasteiger partial charge in [0.05, 0.1) is 6.42 Å². The van der Waals surface area contributed by atoms with Gasteiger partial charge in [0, 0.05) is 46.2 Å². The standard InChI is InChI=1S/C5H9NO3.Y/c1-6-4(7)2-3-5(8)9;/h2-3H2,1H3,(H,6,7)(H,8,9);. The van der Waals surface area contributed by atoms with E-state index < -0.39 is 5.97 Å². The fourth-order valence-corrected chi connectivity index (χ4v) is 0.345. The molecule has 0 saturated heterocycles. The molecule has 0 aliphatic rings. The van der Waals surface area contributed by atoms with E-state index in [4.69, 9.17) is 5.11 Å². The van der Waals surface area contributed by atoms with Crippen molar-refractivity contribution < 1.29 is 47.4 Å². The van der Waals surface area contributed by atoms with Gasteiger partial charge in [-0.3, -0.25) is 9.59 Å². The molecule has 0 aromatic rings. The Morgan fingerprint density at radius 3 is 2.20 bits per heavy atom. The van der Waals surface area contributed by atoms with Gasteiger partial charge in [0.1, 0.15) is 0 Å². The van der Waals surface area contributed by atoms with Crippen LogP contribution in [0.1, 0.15) is 12.8 Å². The molecule has 0 aliphatic carbocycles. The summed E-state index contributed by atoms with van der Waals surface area (Å²) in [5, 5.41) is 10.4. The zero-order chi connectivity index (χ0) is 7.28. The summed E-state index contributed by atoms with van der Waals surface area (Å²) in [5.41, 5.74) is 0. The number of carbonyl (C=O) groups is 2. The Balaban J connectivity index is 0. The fourth-order valence-electron chi connectivity index (χ4n) is 0.345. The third-order valence-electron chi connectivity index (χ3n) is 0.845. The van der Waals surface area contributed by atoms with Crippen molar-refractivity contribution in [2.75, 3.05) is 7.05 Å². The first kappa shape index (κ1) is 12.7. The third kappa shape index (κ3) is 8.04. The predicted octanol–water partition coefficient (Wildman–Crippen LogP) is -0.405. The summed E-state index contributed by atoms with van der Waals surface area (Å²) in [5.74, 6) is -1.18. The minimum absolute atomic E-state index is 0. The summed E-state index contributed by atoms with van der Waals surface area (Å²) in [6, 6.07) is 0. The Morgan fingerprint density at radius 2 is 1.90 bits per heavy atom. The van der Waals surface area contributed by atoms with Crippen LogP contribution in [0.4, 0.5) is 0 Å². The third-order valence-corrected chi connectivity index (χ3v) is 0.845. The van der Waals surface area contributed by atoms with E-state index in [1.54, 1.807) is 0 Å². The molecule has 0 aromatic carbocycles. The molecule has 0 atom stereocenters. The molecule has 0 spiro atoms. The average molecular weight is 220 g/mol. The first-order valence-electron chi connectivity index (χ1n) is 2.59. The van der Waals surface area contributed by atoms with Gasteiger partial charge in [-0.15, -0.1) is 0 Å². The van der Waals surface area contributed by atoms with Crippen LogP contribution in [0.5, 0.6) is 0 Å². The molecule has 55 valence electrons. The number of amides is 1. The number of hydrogen-bond acceptors (Lipinski definition) is 2. The van der Waals surface area contributed by atoms with E-state index in [0.717, 1.165) is 0 Å². The SMILES string of the molecule is CNC(=O)CCC(=O)O.[Y]. The van der Waals surface area contributed by atoms with Crippen molar-refractivity contribution in [2.24, 2.45) is 0 Å². The summed E-state index contributed by atoms with van der Waals surface area (Å²) in [7, 11) is 1.48. The van der Waals surface area contributed by atoms with E-state index in [2.05, 4.69) is 5.32 Å². The molecule has 0 rings (SSSR count). The molecular weight excluding hydrogens is 211 g/mol. The van der Waals surface area contributed by atoms with Crippen LogP contribution in [0.25, 0.3) is 0 Å². The van der Waals surface area contributed by atoms with Gasteiger partial charge >= 0.3 is 5.97 Å². The van der Waals surface area contributed by atoms with Crippen LogP contribution >= 0.6 is 0 Å². The van der Waals surface area contributed by atoms with E-state index in [1.807, 2.05) is 0 Å². The van der Waals surface area contributed by atoms with Gasteiger partial charge in [-0.25, -0.2) is 0 Å². The molecule has 2 N–H and O–H groups in total.